The average molecular weight is 334 g/mol. The quantitative estimate of drug-likeness (QED) is 0.677. The number of alkyl halides is 2. The summed E-state index contributed by atoms with van der Waals surface area (Å²) >= 11 is 20.4. The normalized spacial score (nSPS) is 24.2. The maximum absolute atomic E-state index is 6.42. The van der Waals surface area contributed by atoms with Gasteiger partial charge in [-0.15, -0.1) is 34.5 Å². The van der Waals surface area contributed by atoms with Crippen LogP contribution in [0, 0.1) is 0 Å². The molecule has 0 bridgehead atoms. The molecule has 1 nitrogen and oxygen atoms in total. The molecule has 1 aliphatic rings. The molecule has 0 unspecified atom stereocenters. The summed E-state index contributed by atoms with van der Waals surface area (Å²) in [6.45, 7) is 0. The van der Waals surface area contributed by atoms with Gasteiger partial charge in [0.05, 0.1) is 11.4 Å². The summed E-state index contributed by atoms with van der Waals surface area (Å²) in [5, 5.41) is 0. The number of benzene rings is 1. The Morgan fingerprint density at radius 1 is 1.05 bits per heavy atom. The van der Waals surface area contributed by atoms with Gasteiger partial charge in [-0.05, 0) is 29.8 Å². The predicted molar refractivity (Wildman–Crippen MR) is 82.2 cm³/mol. The van der Waals surface area contributed by atoms with Crippen LogP contribution in [0.3, 0.4) is 0 Å². The number of methoxy groups -OCH3 is 1. The first-order valence-corrected chi connectivity index (χ1v) is 7.76. The predicted octanol–water partition coefficient (Wildman–Crippen LogP) is 5.47. The third kappa shape index (κ3) is 2.36. The lowest BCUT2D eigenvalue weighted by molar-refractivity contribution is 0.414. The van der Waals surface area contributed by atoms with E-state index in [-0.39, 0.29) is 11.8 Å². The third-order valence-corrected chi connectivity index (χ3v) is 5.68. The fraction of sp³-hybridized carbons (Fsp3) is 0.286. The van der Waals surface area contributed by atoms with Crippen molar-refractivity contribution in [1.82, 2.24) is 0 Å². The fourth-order valence-electron chi connectivity index (χ4n) is 2.40. The van der Waals surface area contributed by atoms with Crippen LogP contribution in [0.5, 0.6) is 5.75 Å². The van der Waals surface area contributed by atoms with E-state index in [0.29, 0.717) is 0 Å². The number of thiophene rings is 1. The van der Waals surface area contributed by atoms with E-state index >= 15 is 0 Å². The molecule has 0 N–H and O–H groups in total. The SMILES string of the molecule is COc1ccc([C@@H]2[C@@H](c3ccc(Cl)s3)C2(Cl)Cl)cc1. The van der Waals surface area contributed by atoms with Gasteiger partial charge < -0.3 is 4.74 Å². The zero-order chi connectivity index (χ0) is 13.6. The highest BCUT2D eigenvalue weighted by Crippen LogP contribution is 2.71. The molecule has 2 aromatic rings. The molecule has 19 heavy (non-hydrogen) atoms. The van der Waals surface area contributed by atoms with Gasteiger partial charge in [-0.2, -0.15) is 0 Å². The second-order valence-corrected chi connectivity index (χ2v) is 7.74. The number of ether oxygens (including phenoxy) is 1. The number of hydrogen-bond donors (Lipinski definition) is 0. The standard InChI is InChI=1S/C14H11Cl3OS/c1-18-9-4-2-8(3-5-9)12-13(14(12,16)17)10-6-7-11(15)19-10/h2-7,12-13H,1H3/t12-,13-/m1/s1. The molecule has 5 heteroatoms. The van der Waals surface area contributed by atoms with Gasteiger partial charge in [0.1, 0.15) is 10.1 Å². The lowest BCUT2D eigenvalue weighted by Gasteiger charge is -2.02. The molecule has 0 amide bonds. The summed E-state index contributed by atoms with van der Waals surface area (Å²) in [4.78, 5) is 1.14. The lowest BCUT2D eigenvalue weighted by atomic mass is 10.1. The summed E-state index contributed by atoms with van der Waals surface area (Å²) in [5.74, 6) is 1.05. The molecule has 100 valence electrons. The van der Waals surface area contributed by atoms with Crippen LogP contribution < -0.4 is 4.74 Å². The van der Waals surface area contributed by atoms with Crippen LogP contribution in [0.1, 0.15) is 22.3 Å². The van der Waals surface area contributed by atoms with Crippen molar-refractivity contribution in [3.8, 4) is 5.75 Å². The Balaban J connectivity index is 1.89. The molecular formula is C14H11Cl3OS. The Bertz CT molecular complexity index is 591. The number of halogens is 3. The highest BCUT2D eigenvalue weighted by Gasteiger charge is 2.64. The van der Waals surface area contributed by atoms with Gasteiger partial charge in [0, 0.05) is 16.7 Å². The van der Waals surface area contributed by atoms with Gasteiger partial charge in [0.25, 0.3) is 0 Å². The first kappa shape index (κ1) is 13.6. The van der Waals surface area contributed by atoms with Crippen molar-refractivity contribution in [2.45, 2.75) is 16.2 Å². The van der Waals surface area contributed by atoms with Crippen molar-refractivity contribution >= 4 is 46.1 Å². The zero-order valence-corrected chi connectivity index (χ0v) is 13.2. The second kappa shape index (κ2) is 4.85. The van der Waals surface area contributed by atoms with Crippen molar-refractivity contribution in [2.24, 2.45) is 0 Å². The number of rotatable bonds is 3. The second-order valence-electron chi connectivity index (χ2n) is 4.54. The molecule has 1 aromatic carbocycles. The van der Waals surface area contributed by atoms with Crippen LogP contribution in [-0.2, 0) is 0 Å². The molecule has 0 spiro atoms. The van der Waals surface area contributed by atoms with E-state index in [1.54, 1.807) is 7.11 Å². The molecule has 0 radical (unpaired) electrons. The molecule has 2 atom stereocenters. The minimum absolute atomic E-state index is 0.108. The third-order valence-electron chi connectivity index (χ3n) is 3.43. The molecule has 0 aliphatic heterocycles. The minimum atomic E-state index is -0.747. The maximum atomic E-state index is 6.42. The molecule has 1 aliphatic carbocycles. The molecule has 3 rings (SSSR count). The molecule has 1 saturated carbocycles. The molecule has 1 fully saturated rings. The maximum Gasteiger partial charge on any atom is 0.134 e. The van der Waals surface area contributed by atoms with Gasteiger partial charge >= 0.3 is 0 Å². The van der Waals surface area contributed by atoms with Gasteiger partial charge in [0.15, 0.2) is 0 Å². The van der Waals surface area contributed by atoms with Crippen molar-refractivity contribution in [3.63, 3.8) is 0 Å². The Labute approximate surface area is 131 Å². The summed E-state index contributed by atoms with van der Waals surface area (Å²) in [5.41, 5.74) is 1.13. The van der Waals surface area contributed by atoms with E-state index in [2.05, 4.69) is 0 Å². The van der Waals surface area contributed by atoms with Crippen LogP contribution in [0.2, 0.25) is 4.34 Å². The van der Waals surface area contributed by atoms with Crippen molar-refractivity contribution in [3.05, 3.63) is 51.2 Å². The zero-order valence-electron chi connectivity index (χ0n) is 10.1. The molecule has 1 heterocycles. The summed E-state index contributed by atoms with van der Waals surface area (Å²) < 4.78 is 5.17. The van der Waals surface area contributed by atoms with Crippen LogP contribution in [0.15, 0.2) is 36.4 Å². The Morgan fingerprint density at radius 2 is 1.74 bits per heavy atom. The van der Waals surface area contributed by atoms with Crippen LogP contribution in [-0.4, -0.2) is 11.4 Å². The van der Waals surface area contributed by atoms with Gasteiger partial charge in [0.2, 0.25) is 0 Å². The van der Waals surface area contributed by atoms with Crippen LogP contribution >= 0.6 is 46.1 Å². The monoisotopic (exact) mass is 332 g/mol. The van der Waals surface area contributed by atoms with Gasteiger partial charge in [-0.3, -0.25) is 0 Å². The summed E-state index contributed by atoms with van der Waals surface area (Å²) in [6.07, 6.45) is 0. The van der Waals surface area contributed by atoms with E-state index in [1.807, 2.05) is 36.4 Å². The minimum Gasteiger partial charge on any atom is -0.497 e. The van der Waals surface area contributed by atoms with Gasteiger partial charge in [-0.25, -0.2) is 0 Å². The van der Waals surface area contributed by atoms with Crippen LogP contribution in [0.25, 0.3) is 0 Å². The Hall–Kier alpha value is -0.410. The summed E-state index contributed by atoms with van der Waals surface area (Å²) in [6, 6.07) is 11.8. The Morgan fingerprint density at radius 3 is 2.26 bits per heavy atom. The average Bonchev–Trinajstić information content (AvgIpc) is 2.74. The number of hydrogen-bond acceptors (Lipinski definition) is 2. The molecular weight excluding hydrogens is 323 g/mol. The fourth-order valence-corrected chi connectivity index (χ4v) is 4.67. The highest BCUT2D eigenvalue weighted by atomic mass is 35.5. The first-order valence-electron chi connectivity index (χ1n) is 5.81. The molecule has 1 aromatic heterocycles. The Kier molecular flexibility index (Phi) is 3.46. The lowest BCUT2D eigenvalue weighted by Crippen LogP contribution is -1.90. The largest absolute Gasteiger partial charge is 0.497 e. The topological polar surface area (TPSA) is 9.23 Å². The molecule has 0 saturated heterocycles. The van der Waals surface area contributed by atoms with Crippen LogP contribution in [0.4, 0.5) is 0 Å². The first-order chi connectivity index (χ1) is 9.04. The highest BCUT2D eigenvalue weighted by molar-refractivity contribution is 7.16. The van der Waals surface area contributed by atoms with Crippen molar-refractivity contribution < 1.29 is 4.74 Å². The smallest absolute Gasteiger partial charge is 0.134 e. The summed E-state index contributed by atoms with van der Waals surface area (Å²) in [7, 11) is 1.65. The van der Waals surface area contributed by atoms with E-state index in [1.165, 1.54) is 11.3 Å². The van der Waals surface area contributed by atoms with E-state index in [0.717, 1.165) is 20.5 Å². The van der Waals surface area contributed by atoms with Crippen molar-refractivity contribution in [1.29, 1.82) is 0 Å². The van der Waals surface area contributed by atoms with E-state index in [4.69, 9.17) is 39.5 Å². The van der Waals surface area contributed by atoms with Crippen molar-refractivity contribution in [2.75, 3.05) is 7.11 Å². The van der Waals surface area contributed by atoms with E-state index < -0.39 is 4.33 Å². The van der Waals surface area contributed by atoms with Gasteiger partial charge in [-0.1, -0.05) is 23.7 Å². The van der Waals surface area contributed by atoms with E-state index in [9.17, 15) is 0 Å².